The molecule has 158 valence electrons. The lowest BCUT2D eigenvalue weighted by Crippen LogP contribution is -2.07. The second kappa shape index (κ2) is 10.2. The summed E-state index contributed by atoms with van der Waals surface area (Å²) < 4.78 is 0. The van der Waals surface area contributed by atoms with E-state index in [4.69, 9.17) is 11.6 Å². The molecule has 0 bridgehead atoms. The summed E-state index contributed by atoms with van der Waals surface area (Å²) in [6, 6.07) is 22.0. The Morgan fingerprint density at radius 3 is 2.25 bits per heavy atom. The minimum Gasteiger partial charge on any atom is -0.340 e. The van der Waals surface area contributed by atoms with Gasteiger partial charge in [-0.3, -0.25) is 4.79 Å². The van der Waals surface area contributed by atoms with E-state index in [2.05, 4.69) is 30.9 Å². The van der Waals surface area contributed by atoms with Gasteiger partial charge < -0.3 is 16.0 Å². The molecule has 0 fully saturated rings. The first kappa shape index (κ1) is 21.0. The van der Waals surface area contributed by atoms with Crippen LogP contribution >= 0.6 is 11.6 Å². The van der Waals surface area contributed by atoms with Gasteiger partial charge in [0, 0.05) is 34.7 Å². The standard InChI is InChI=1S/C24H19ClN6O/c25-20-6-2-1-5-17(20)8-13-24(32)30-19-11-9-18(10-12-19)29-22-15-23(28-16-27-22)31-21-7-3-4-14-26-21/h1-16H,(H,30,32)(H2,26,27,28,29,31)/b13-8+. The first-order valence-corrected chi connectivity index (χ1v) is 10.1. The highest BCUT2D eigenvalue weighted by atomic mass is 35.5. The molecular weight excluding hydrogens is 424 g/mol. The molecule has 0 spiro atoms. The van der Waals surface area contributed by atoms with Crippen LogP contribution in [0.3, 0.4) is 0 Å². The molecule has 0 aliphatic heterocycles. The molecule has 1 amide bonds. The summed E-state index contributed by atoms with van der Waals surface area (Å²) in [7, 11) is 0. The zero-order valence-electron chi connectivity index (χ0n) is 16.9. The van der Waals surface area contributed by atoms with Crippen LogP contribution in [0.5, 0.6) is 0 Å². The Balaban J connectivity index is 1.35. The van der Waals surface area contributed by atoms with Crippen LogP contribution in [0, 0.1) is 0 Å². The predicted molar refractivity (Wildman–Crippen MR) is 128 cm³/mol. The summed E-state index contributed by atoms with van der Waals surface area (Å²) in [6.45, 7) is 0. The first-order valence-electron chi connectivity index (χ1n) is 9.76. The van der Waals surface area contributed by atoms with Gasteiger partial charge in [-0.05, 0) is 54.1 Å². The van der Waals surface area contributed by atoms with E-state index < -0.39 is 0 Å². The van der Waals surface area contributed by atoms with Crippen molar-refractivity contribution in [1.82, 2.24) is 15.0 Å². The van der Waals surface area contributed by atoms with Gasteiger partial charge >= 0.3 is 0 Å². The second-order valence-corrected chi connectivity index (χ2v) is 7.08. The van der Waals surface area contributed by atoms with Crippen LogP contribution < -0.4 is 16.0 Å². The van der Waals surface area contributed by atoms with Crippen LogP contribution in [0.1, 0.15) is 5.56 Å². The van der Waals surface area contributed by atoms with Crippen molar-refractivity contribution in [1.29, 1.82) is 0 Å². The van der Waals surface area contributed by atoms with Crippen LogP contribution in [0.25, 0.3) is 6.08 Å². The van der Waals surface area contributed by atoms with Crippen molar-refractivity contribution in [2.75, 3.05) is 16.0 Å². The molecule has 3 N–H and O–H groups in total. The highest BCUT2D eigenvalue weighted by molar-refractivity contribution is 6.32. The number of rotatable bonds is 7. The summed E-state index contributed by atoms with van der Waals surface area (Å²) >= 11 is 6.10. The number of anilines is 5. The highest BCUT2D eigenvalue weighted by Crippen LogP contribution is 2.20. The molecule has 7 nitrogen and oxygen atoms in total. The number of carbonyl (C=O) groups is 1. The van der Waals surface area contributed by atoms with Gasteiger partial charge in [-0.15, -0.1) is 0 Å². The van der Waals surface area contributed by atoms with Gasteiger partial charge in [0.2, 0.25) is 5.91 Å². The summed E-state index contributed by atoms with van der Waals surface area (Å²) in [5.74, 6) is 1.70. The largest absolute Gasteiger partial charge is 0.340 e. The lowest BCUT2D eigenvalue weighted by molar-refractivity contribution is -0.111. The smallest absolute Gasteiger partial charge is 0.248 e. The van der Waals surface area contributed by atoms with Crippen molar-refractivity contribution >= 4 is 52.4 Å². The SMILES string of the molecule is O=C(/C=C/c1ccccc1Cl)Nc1ccc(Nc2cc(Nc3ccccn3)ncn2)cc1. The maximum Gasteiger partial charge on any atom is 0.248 e. The Morgan fingerprint density at radius 1 is 0.781 bits per heavy atom. The molecule has 2 aromatic heterocycles. The third-order valence-corrected chi connectivity index (χ3v) is 4.68. The zero-order valence-corrected chi connectivity index (χ0v) is 17.6. The topological polar surface area (TPSA) is 91.8 Å². The maximum absolute atomic E-state index is 12.2. The van der Waals surface area contributed by atoms with Gasteiger partial charge in [0.15, 0.2) is 0 Å². The van der Waals surface area contributed by atoms with Crippen molar-refractivity contribution in [2.45, 2.75) is 0 Å². The number of halogens is 1. The number of carbonyl (C=O) groups excluding carboxylic acids is 1. The van der Waals surface area contributed by atoms with E-state index in [0.717, 1.165) is 11.3 Å². The van der Waals surface area contributed by atoms with E-state index in [0.29, 0.717) is 28.2 Å². The monoisotopic (exact) mass is 442 g/mol. The lowest BCUT2D eigenvalue weighted by atomic mass is 10.2. The summed E-state index contributed by atoms with van der Waals surface area (Å²) in [4.78, 5) is 24.8. The predicted octanol–water partition coefficient (Wildman–Crippen LogP) is 5.66. The van der Waals surface area contributed by atoms with Crippen molar-refractivity contribution in [3.8, 4) is 0 Å². The van der Waals surface area contributed by atoms with Gasteiger partial charge in [0.25, 0.3) is 0 Å². The van der Waals surface area contributed by atoms with Crippen LogP contribution in [0.15, 0.2) is 91.4 Å². The molecule has 4 rings (SSSR count). The lowest BCUT2D eigenvalue weighted by Gasteiger charge is -2.09. The molecule has 0 radical (unpaired) electrons. The van der Waals surface area contributed by atoms with Crippen LogP contribution in [-0.2, 0) is 4.79 Å². The Labute approximate surface area is 190 Å². The van der Waals surface area contributed by atoms with Gasteiger partial charge in [0.05, 0.1) is 0 Å². The van der Waals surface area contributed by atoms with Crippen LogP contribution in [0.2, 0.25) is 5.02 Å². The van der Waals surface area contributed by atoms with E-state index in [1.54, 1.807) is 36.5 Å². The van der Waals surface area contributed by atoms with E-state index in [-0.39, 0.29) is 5.91 Å². The molecule has 0 atom stereocenters. The highest BCUT2D eigenvalue weighted by Gasteiger charge is 2.03. The average molecular weight is 443 g/mol. The molecule has 0 aliphatic rings. The third kappa shape index (κ3) is 5.90. The minimum atomic E-state index is -0.244. The maximum atomic E-state index is 12.2. The molecule has 0 saturated carbocycles. The van der Waals surface area contributed by atoms with Crippen LogP contribution in [0.4, 0.5) is 28.8 Å². The quantitative estimate of drug-likeness (QED) is 0.320. The minimum absolute atomic E-state index is 0.244. The Kier molecular flexibility index (Phi) is 6.69. The number of hydrogen-bond donors (Lipinski definition) is 3. The molecule has 8 heteroatoms. The summed E-state index contributed by atoms with van der Waals surface area (Å²) in [5.41, 5.74) is 2.27. The van der Waals surface area contributed by atoms with Crippen molar-refractivity contribution in [3.63, 3.8) is 0 Å². The molecule has 0 aliphatic carbocycles. The molecule has 32 heavy (non-hydrogen) atoms. The van der Waals surface area contributed by atoms with Crippen molar-refractivity contribution < 1.29 is 4.79 Å². The number of nitrogens with one attached hydrogen (secondary N) is 3. The van der Waals surface area contributed by atoms with Gasteiger partial charge in [0.1, 0.15) is 23.8 Å². The first-order chi connectivity index (χ1) is 15.7. The average Bonchev–Trinajstić information content (AvgIpc) is 2.81. The van der Waals surface area contributed by atoms with Gasteiger partial charge in [-0.1, -0.05) is 35.9 Å². The number of benzene rings is 2. The fourth-order valence-corrected chi connectivity index (χ4v) is 3.01. The van der Waals surface area contributed by atoms with Crippen molar-refractivity contribution in [3.05, 3.63) is 102 Å². The second-order valence-electron chi connectivity index (χ2n) is 6.67. The fourth-order valence-electron chi connectivity index (χ4n) is 2.81. The Bertz CT molecular complexity index is 1230. The van der Waals surface area contributed by atoms with Gasteiger partial charge in [-0.2, -0.15) is 0 Å². The number of amides is 1. The fraction of sp³-hybridized carbons (Fsp3) is 0. The van der Waals surface area contributed by atoms with Gasteiger partial charge in [-0.25, -0.2) is 15.0 Å². The molecule has 2 aromatic carbocycles. The Morgan fingerprint density at radius 2 is 1.50 bits per heavy atom. The van der Waals surface area contributed by atoms with E-state index >= 15 is 0 Å². The van der Waals surface area contributed by atoms with E-state index in [1.165, 1.54) is 12.4 Å². The number of hydrogen-bond acceptors (Lipinski definition) is 6. The number of nitrogens with zero attached hydrogens (tertiary/aromatic N) is 3. The van der Waals surface area contributed by atoms with E-state index in [1.807, 2.05) is 48.5 Å². The molecule has 0 saturated heterocycles. The normalized spacial score (nSPS) is 10.7. The Hall–Kier alpha value is -4.23. The van der Waals surface area contributed by atoms with Crippen molar-refractivity contribution in [2.24, 2.45) is 0 Å². The molecule has 0 unspecified atom stereocenters. The molecular formula is C24H19ClN6O. The zero-order chi connectivity index (χ0) is 22.2. The number of pyridine rings is 1. The van der Waals surface area contributed by atoms with Crippen LogP contribution in [-0.4, -0.2) is 20.9 Å². The van der Waals surface area contributed by atoms with E-state index in [9.17, 15) is 4.79 Å². The number of aromatic nitrogens is 3. The summed E-state index contributed by atoms with van der Waals surface area (Å²) in [5, 5.41) is 9.75. The molecule has 2 heterocycles. The third-order valence-electron chi connectivity index (χ3n) is 4.33. The molecule has 4 aromatic rings. The summed E-state index contributed by atoms with van der Waals surface area (Å²) in [6.07, 6.45) is 6.30.